The summed E-state index contributed by atoms with van der Waals surface area (Å²) in [5.74, 6) is 0.494. The highest BCUT2D eigenvalue weighted by molar-refractivity contribution is 6.36. The molecule has 0 bridgehead atoms. The number of hydrogen-bond donors (Lipinski definition) is 1. The molecule has 0 aliphatic heterocycles. The molecular formula is C8H5Cl2N3O. The highest BCUT2D eigenvalue weighted by atomic mass is 35.5. The van der Waals surface area contributed by atoms with Gasteiger partial charge in [0.1, 0.15) is 16.5 Å². The Kier molecular flexibility index (Phi) is 2.17. The number of halogens is 2. The van der Waals surface area contributed by atoms with Crippen molar-refractivity contribution < 1.29 is 0 Å². The van der Waals surface area contributed by atoms with Crippen molar-refractivity contribution in [3.05, 3.63) is 32.6 Å². The summed E-state index contributed by atoms with van der Waals surface area (Å²) in [6.45, 7) is 1.67. The minimum absolute atomic E-state index is 0.140. The van der Waals surface area contributed by atoms with E-state index < -0.39 is 0 Å². The van der Waals surface area contributed by atoms with Crippen LogP contribution in [0, 0.1) is 6.92 Å². The number of aromatic nitrogens is 3. The number of fused-ring (bicyclic) bond motifs is 1. The highest BCUT2D eigenvalue weighted by Crippen LogP contribution is 2.19. The number of nitrogens with one attached hydrogen (secondary N) is 1. The lowest BCUT2D eigenvalue weighted by molar-refractivity contribution is 1.05. The third-order valence-electron chi connectivity index (χ3n) is 1.74. The Morgan fingerprint density at radius 3 is 2.79 bits per heavy atom. The van der Waals surface area contributed by atoms with Crippen LogP contribution in [0.4, 0.5) is 0 Å². The predicted octanol–water partition coefficient (Wildman–Crippen LogP) is 1.93. The van der Waals surface area contributed by atoms with Crippen LogP contribution >= 0.6 is 23.2 Å². The van der Waals surface area contributed by atoms with Gasteiger partial charge < -0.3 is 4.98 Å². The summed E-state index contributed by atoms with van der Waals surface area (Å²) in [4.78, 5) is 21.9. The summed E-state index contributed by atoms with van der Waals surface area (Å²) in [6.07, 6.45) is 0. The zero-order valence-corrected chi connectivity index (χ0v) is 8.65. The lowest BCUT2D eigenvalue weighted by atomic mass is 10.3. The molecule has 0 aliphatic carbocycles. The van der Waals surface area contributed by atoms with E-state index in [1.165, 1.54) is 6.07 Å². The van der Waals surface area contributed by atoms with Crippen molar-refractivity contribution in [2.24, 2.45) is 0 Å². The average molecular weight is 230 g/mol. The molecular weight excluding hydrogens is 225 g/mol. The molecule has 2 rings (SSSR count). The van der Waals surface area contributed by atoms with E-state index >= 15 is 0 Å². The van der Waals surface area contributed by atoms with Crippen molar-refractivity contribution in [3.63, 3.8) is 0 Å². The van der Waals surface area contributed by atoms with Crippen molar-refractivity contribution in [2.45, 2.75) is 6.92 Å². The molecule has 0 radical (unpaired) electrons. The molecule has 0 amide bonds. The van der Waals surface area contributed by atoms with Gasteiger partial charge in [0.25, 0.3) is 5.56 Å². The number of aryl methyl sites for hydroxylation is 1. The second-order valence-corrected chi connectivity index (χ2v) is 3.53. The second-order valence-electron chi connectivity index (χ2n) is 2.78. The van der Waals surface area contributed by atoms with E-state index in [9.17, 15) is 4.79 Å². The normalized spacial score (nSPS) is 10.8. The van der Waals surface area contributed by atoms with Gasteiger partial charge in [-0.3, -0.25) is 4.79 Å². The van der Waals surface area contributed by atoms with Crippen molar-refractivity contribution in [2.75, 3.05) is 0 Å². The Morgan fingerprint density at radius 1 is 1.36 bits per heavy atom. The fraction of sp³-hybridized carbons (Fsp3) is 0.125. The maximum absolute atomic E-state index is 11.5. The largest absolute Gasteiger partial charge is 0.310 e. The number of aromatic amines is 1. The fourth-order valence-corrected chi connectivity index (χ4v) is 1.66. The van der Waals surface area contributed by atoms with Gasteiger partial charge in [0.2, 0.25) is 0 Å². The summed E-state index contributed by atoms with van der Waals surface area (Å²) in [6, 6.07) is 1.44. The van der Waals surface area contributed by atoms with Crippen molar-refractivity contribution in [1.82, 2.24) is 15.0 Å². The van der Waals surface area contributed by atoms with Gasteiger partial charge in [0, 0.05) is 0 Å². The molecule has 72 valence electrons. The SMILES string of the molecule is Cc1nc2c(Cl)nc(Cl)cc2c(=O)[nH]1. The van der Waals surface area contributed by atoms with Gasteiger partial charge in [-0.2, -0.15) is 0 Å². The molecule has 0 spiro atoms. The van der Waals surface area contributed by atoms with Crippen LogP contribution in [0.5, 0.6) is 0 Å². The van der Waals surface area contributed by atoms with E-state index in [0.29, 0.717) is 16.7 Å². The van der Waals surface area contributed by atoms with Crippen LogP contribution < -0.4 is 5.56 Å². The van der Waals surface area contributed by atoms with Crippen LogP contribution in [0.3, 0.4) is 0 Å². The minimum atomic E-state index is -0.265. The molecule has 2 aromatic heterocycles. The molecule has 0 unspecified atom stereocenters. The summed E-state index contributed by atoms with van der Waals surface area (Å²) >= 11 is 11.5. The van der Waals surface area contributed by atoms with Gasteiger partial charge in [0.05, 0.1) is 5.39 Å². The molecule has 1 N–H and O–H groups in total. The highest BCUT2D eigenvalue weighted by Gasteiger charge is 2.08. The van der Waals surface area contributed by atoms with Gasteiger partial charge in [-0.25, -0.2) is 9.97 Å². The standard InChI is InChI=1S/C8H5Cl2N3O/c1-3-11-6-4(8(14)12-3)2-5(9)13-7(6)10/h2H,1H3,(H,11,12,14). The van der Waals surface area contributed by atoms with Crippen molar-refractivity contribution in [3.8, 4) is 0 Å². The van der Waals surface area contributed by atoms with Crippen molar-refractivity contribution in [1.29, 1.82) is 0 Å². The van der Waals surface area contributed by atoms with E-state index in [2.05, 4.69) is 15.0 Å². The minimum Gasteiger partial charge on any atom is -0.310 e. The molecule has 14 heavy (non-hydrogen) atoms. The number of rotatable bonds is 0. The number of H-pyrrole nitrogens is 1. The quantitative estimate of drug-likeness (QED) is 0.703. The molecule has 2 heterocycles. The third-order valence-corrected chi connectivity index (χ3v) is 2.19. The average Bonchev–Trinajstić information content (AvgIpc) is 2.07. The predicted molar refractivity (Wildman–Crippen MR) is 54.9 cm³/mol. The maximum Gasteiger partial charge on any atom is 0.258 e. The zero-order chi connectivity index (χ0) is 10.3. The summed E-state index contributed by atoms with van der Waals surface area (Å²) < 4.78 is 0. The Balaban J connectivity index is 3.02. The van der Waals surface area contributed by atoms with Crippen LogP contribution in [0.15, 0.2) is 10.9 Å². The molecule has 4 nitrogen and oxygen atoms in total. The maximum atomic E-state index is 11.5. The van der Waals surface area contributed by atoms with E-state index in [0.717, 1.165) is 0 Å². The molecule has 6 heteroatoms. The first-order chi connectivity index (χ1) is 6.58. The molecule has 0 saturated carbocycles. The molecule has 0 saturated heterocycles. The fourth-order valence-electron chi connectivity index (χ4n) is 1.18. The molecule has 0 fully saturated rings. The van der Waals surface area contributed by atoms with Crippen molar-refractivity contribution >= 4 is 34.1 Å². The number of hydrogen-bond acceptors (Lipinski definition) is 3. The monoisotopic (exact) mass is 229 g/mol. The molecule has 0 aliphatic rings. The zero-order valence-electron chi connectivity index (χ0n) is 7.14. The molecule has 0 atom stereocenters. The second kappa shape index (κ2) is 3.22. The lowest BCUT2D eigenvalue weighted by Gasteiger charge is -2.00. The first kappa shape index (κ1) is 9.43. The smallest absolute Gasteiger partial charge is 0.258 e. The lowest BCUT2D eigenvalue weighted by Crippen LogP contribution is -2.10. The molecule has 2 aromatic rings. The van der Waals surface area contributed by atoms with Gasteiger partial charge in [-0.05, 0) is 13.0 Å². The van der Waals surface area contributed by atoms with Crippen LogP contribution in [-0.4, -0.2) is 15.0 Å². The summed E-state index contributed by atoms with van der Waals surface area (Å²) in [5, 5.41) is 0.668. The Morgan fingerprint density at radius 2 is 2.07 bits per heavy atom. The Bertz CT molecular complexity index is 564. The van der Waals surface area contributed by atoms with Gasteiger partial charge in [-0.15, -0.1) is 0 Å². The van der Waals surface area contributed by atoms with E-state index in [4.69, 9.17) is 23.2 Å². The van der Waals surface area contributed by atoms with Crippen LogP contribution in [-0.2, 0) is 0 Å². The first-order valence-corrected chi connectivity index (χ1v) is 4.56. The van der Waals surface area contributed by atoms with Gasteiger partial charge >= 0.3 is 0 Å². The van der Waals surface area contributed by atoms with Crippen LogP contribution in [0.1, 0.15) is 5.82 Å². The van der Waals surface area contributed by atoms with Gasteiger partial charge in [0.15, 0.2) is 5.15 Å². The van der Waals surface area contributed by atoms with E-state index in [1.807, 2.05) is 0 Å². The third kappa shape index (κ3) is 1.47. The number of pyridine rings is 1. The summed E-state index contributed by atoms with van der Waals surface area (Å²) in [5.41, 5.74) is 0.107. The Labute approximate surface area is 88.9 Å². The van der Waals surface area contributed by atoms with E-state index in [-0.39, 0.29) is 15.9 Å². The van der Waals surface area contributed by atoms with E-state index in [1.54, 1.807) is 6.92 Å². The topological polar surface area (TPSA) is 58.6 Å². The van der Waals surface area contributed by atoms with Gasteiger partial charge in [-0.1, -0.05) is 23.2 Å². The number of nitrogens with zero attached hydrogens (tertiary/aromatic N) is 2. The first-order valence-electron chi connectivity index (χ1n) is 3.80. The Hall–Kier alpha value is -1.13. The summed E-state index contributed by atoms with van der Waals surface area (Å²) in [7, 11) is 0. The van der Waals surface area contributed by atoms with Crippen LogP contribution in [0.25, 0.3) is 10.9 Å². The van der Waals surface area contributed by atoms with Crippen LogP contribution in [0.2, 0.25) is 10.3 Å². The molecule has 0 aromatic carbocycles.